The van der Waals surface area contributed by atoms with Gasteiger partial charge in [0.15, 0.2) is 0 Å². The highest BCUT2D eigenvalue weighted by Crippen LogP contribution is 2.39. The Balaban J connectivity index is 1.60. The third kappa shape index (κ3) is 4.48. The van der Waals surface area contributed by atoms with Crippen molar-refractivity contribution in [3.05, 3.63) is 34.9 Å². The van der Waals surface area contributed by atoms with Crippen LogP contribution >= 0.6 is 11.6 Å². The second kappa shape index (κ2) is 7.28. The molecule has 19 heavy (non-hydrogen) atoms. The number of nitrogens with zero attached hydrogens (tertiary/aromatic N) is 1. The van der Waals surface area contributed by atoms with Crippen LogP contribution in [-0.4, -0.2) is 38.1 Å². The van der Waals surface area contributed by atoms with E-state index in [1.54, 1.807) is 0 Å². The van der Waals surface area contributed by atoms with Crippen molar-refractivity contribution >= 4 is 11.6 Å². The average molecular weight is 281 g/mol. The summed E-state index contributed by atoms with van der Waals surface area (Å²) in [5, 5.41) is 4.58. The minimum atomic E-state index is 0.660. The SMILES string of the molecule is CN(C)CCCCNC1CC(c2ccccc2Cl)C1. The fourth-order valence-electron chi connectivity index (χ4n) is 2.70. The molecule has 0 spiro atoms. The first kappa shape index (κ1) is 14.8. The van der Waals surface area contributed by atoms with E-state index < -0.39 is 0 Å². The molecule has 1 aromatic carbocycles. The molecule has 0 aliphatic heterocycles. The maximum absolute atomic E-state index is 6.23. The summed E-state index contributed by atoms with van der Waals surface area (Å²) in [7, 11) is 4.26. The number of nitrogens with one attached hydrogen (secondary N) is 1. The van der Waals surface area contributed by atoms with Gasteiger partial charge in [-0.1, -0.05) is 29.8 Å². The highest BCUT2D eigenvalue weighted by Gasteiger charge is 2.30. The molecule has 3 heteroatoms. The highest BCUT2D eigenvalue weighted by atomic mass is 35.5. The molecule has 1 fully saturated rings. The van der Waals surface area contributed by atoms with Crippen LogP contribution in [0.5, 0.6) is 0 Å². The Morgan fingerprint density at radius 2 is 1.95 bits per heavy atom. The van der Waals surface area contributed by atoms with E-state index in [0.717, 1.165) is 11.6 Å². The van der Waals surface area contributed by atoms with Gasteiger partial charge in [-0.05, 0) is 70.4 Å². The number of hydrogen-bond donors (Lipinski definition) is 1. The summed E-state index contributed by atoms with van der Waals surface area (Å²) in [4.78, 5) is 2.25. The van der Waals surface area contributed by atoms with Gasteiger partial charge >= 0.3 is 0 Å². The molecule has 0 atom stereocenters. The van der Waals surface area contributed by atoms with Gasteiger partial charge in [-0.15, -0.1) is 0 Å². The summed E-state index contributed by atoms with van der Waals surface area (Å²) in [6, 6.07) is 8.95. The van der Waals surface area contributed by atoms with Crippen LogP contribution in [0.3, 0.4) is 0 Å². The van der Waals surface area contributed by atoms with E-state index in [2.05, 4.69) is 36.4 Å². The number of rotatable bonds is 7. The van der Waals surface area contributed by atoms with Gasteiger partial charge in [0.25, 0.3) is 0 Å². The molecule has 0 aromatic heterocycles. The first-order valence-electron chi connectivity index (χ1n) is 7.29. The first-order chi connectivity index (χ1) is 9.16. The molecule has 0 unspecified atom stereocenters. The lowest BCUT2D eigenvalue weighted by atomic mass is 9.76. The van der Waals surface area contributed by atoms with Gasteiger partial charge < -0.3 is 10.2 Å². The molecule has 0 radical (unpaired) electrons. The zero-order valence-corrected chi connectivity index (χ0v) is 12.8. The first-order valence-corrected chi connectivity index (χ1v) is 7.67. The van der Waals surface area contributed by atoms with Crippen molar-refractivity contribution in [2.45, 2.75) is 37.6 Å². The minimum absolute atomic E-state index is 0.660. The molecule has 0 saturated heterocycles. The van der Waals surface area contributed by atoms with Crippen LogP contribution in [0, 0.1) is 0 Å². The van der Waals surface area contributed by atoms with Crippen LogP contribution in [0.4, 0.5) is 0 Å². The lowest BCUT2D eigenvalue weighted by Gasteiger charge is -2.37. The molecular weight excluding hydrogens is 256 g/mol. The monoisotopic (exact) mass is 280 g/mol. The molecule has 1 aliphatic carbocycles. The molecule has 0 amide bonds. The molecule has 1 saturated carbocycles. The summed E-state index contributed by atoms with van der Waals surface area (Å²) in [6.45, 7) is 2.34. The van der Waals surface area contributed by atoms with Gasteiger partial charge in [0, 0.05) is 11.1 Å². The van der Waals surface area contributed by atoms with Crippen LogP contribution in [-0.2, 0) is 0 Å². The molecule has 0 heterocycles. The summed E-state index contributed by atoms with van der Waals surface area (Å²) in [5.41, 5.74) is 1.33. The zero-order valence-electron chi connectivity index (χ0n) is 12.0. The van der Waals surface area contributed by atoms with Gasteiger partial charge in [0.2, 0.25) is 0 Å². The summed E-state index contributed by atoms with van der Waals surface area (Å²) >= 11 is 6.23. The number of benzene rings is 1. The van der Waals surface area contributed by atoms with E-state index in [1.165, 1.54) is 37.8 Å². The third-order valence-electron chi connectivity index (χ3n) is 3.95. The second-order valence-electron chi connectivity index (χ2n) is 5.85. The molecule has 2 rings (SSSR count). The lowest BCUT2D eigenvalue weighted by Crippen LogP contribution is -2.40. The standard InChI is InChI=1S/C16H25ClN2/c1-19(2)10-6-5-9-18-14-11-13(12-14)15-7-3-4-8-16(15)17/h3-4,7-8,13-14,18H,5-6,9-12H2,1-2H3. The van der Waals surface area contributed by atoms with Gasteiger partial charge in [-0.3, -0.25) is 0 Å². The Morgan fingerprint density at radius 3 is 2.63 bits per heavy atom. The fourth-order valence-corrected chi connectivity index (χ4v) is 2.99. The predicted octanol–water partition coefficient (Wildman–Crippen LogP) is 3.52. The Bertz CT molecular complexity index is 386. The molecule has 1 N–H and O–H groups in total. The summed E-state index contributed by atoms with van der Waals surface area (Å²) < 4.78 is 0. The normalized spacial score (nSPS) is 22.5. The zero-order chi connectivity index (χ0) is 13.7. The maximum Gasteiger partial charge on any atom is 0.0440 e. The summed E-state index contributed by atoms with van der Waals surface area (Å²) in [5.74, 6) is 0.660. The van der Waals surface area contributed by atoms with Crippen LogP contribution in [0.1, 0.15) is 37.2 Å². The van der Waals surface area contributed by atoms with E-state index in [9.17, 15) is 0 Å². The smallest absolute Gasteiger partial charge is 0.0440 e. The largest absolute Gasteiger partial charge is 0.314 e. The van der Waals surface area contributed by atoms with Crippen molar-refractivity contribution in [1.82, 2.24) is 10.2 Å². The van der Waals surface area contributed by atoms with Crippen molar-refractivity contribution in [2.75, 3.05) is 27.2 Å². The van der Waals surface area contributed by atoms with Crippen molar-refractivity contribution < 1.29 is 0 Å². The Hall–Kier alpha value is -0.570. The lowest BCUT2D eigenvalue weighted by molar-refractivity contribution is 0.287. The number of halogens is 1. The van der Waals surface area contributed by atoms with E-state index in [4.69, 9.17) is 11.6 Å². The van der Waals surface area contributed by atoms with Crippen LogP contribution in [0.15, 0.2) is 24.3 Å². The summed E-state index contributed by atoms with van der Waals surface area (Å²) in [6.07, 6.45) is 5.01. The van der Waals surface area contributed by atoms with E-state index in [0.29, 0.717) is 12.0 Å². The van der Waals surface area contributed by atoms with Crippen molar-refractivity contribution in [1.29, 1.82) is 0 Å². The average Bonchev–Trinajstić information content (AvgIpc) is 2.32. The second-order valence-corrected chi connectivity index (χ2v) is 6.26. The van der Waals surface area contributed by atoms with Gasteiger partial charge in [0.05, 0.1) is 0 Å². The topological polar surface area (TPSA) is 15.3 Å². The van der Waals surface area contributed by atoms with Crippen LogP contribution in [0.25, 0.3) is 0 Å². The van der Waals surface area contributed by atoms with E-state index in [-0.39, 0.29) is 0 Å². The van der Waals surface area contributed by atoms with Crippen molar-refractivity contribution in [3.8, 4) is 0 Å². The fraction of sp³-hybridized carbons (Fsp3) is 0.625. The molecule has 1 aromatic rings. The van der Waals surface area contributed by atoms with Crippen LogP contribution < -0.4 is 5.32 Å². The third-order valence-corrected chi connectivity index (χ3v) is 4.29. The minimum Gasteiger partial charge on any atom is -0.314 e. The number of hydrogen-bond acceptors (Lipinski definition) is 2. The van der Waals surface area contributed by atoms with E-state index >= 15 is 0 Å². The van der Waals surface area contributed by atoms with Gasteiger partial charge in [-0.2, -0.15) is 0 Å². The quantitative estimate of drug-likeness (QED) is 0.769. The van der Waals surface area contributed by atoms with Gasteiger partial charge in [-0.25, -0.2) is 0 Å². The number of unbranched alkanes of at least 4 members (excludes halogenated alkanes) is 1. The molecule has 1 aliphatic rings. The Morgan fingerprint density at radius 1 is 1.21 bits per heavy atom. The molecule has 106 valence electrons. The van der Waals surface area contributed by atoms with Gasteiger partial charge in [0.1, 0.15) is 0 Å². The molecule has 0 bridgehead atoms. The molecular formula is C16H25ClN2. The highest BCUT2D eigenvalue weighted by molar-refractivity contribution is 6.31. The predicted molar refractivity (Wildman–Crippen MR) is 83.0 cm³/mol. The van der Waals surface area contributed by atoms with E-state index in [1.807, 2.05) is 12.1 Å². The Kier molecular flexibility index (Phi) is 5.68. The van der Waals surface area contributed by atoms with Crippen LogP contribution in [0.2, 0.25) is 5.02 Å². The molecule has 2 nitrogen and oxygen atoms in total. The van der Waals surface area contributed by atoms with Crippen molar-refractivity contribution in [3.63, 3.8) is 0 Å². The maximum atomic E-state index is 6.23. The Labute approximate surface area is 122 Å². The van der Waals surface area contributed by atoms with Crippen molar-refractivity contribution in [2.24, 2.45) is 0 Å².